The van der Waals surface area contributed by atoms with E-state index in [4.69, 9.17) is 38.7 Å². The van der Waals surface area contributed by atoms with Gasteiger partial charge in [-0.25, -0.2) is 29.9 Å². The molecule has 18 aromatic carbocycles. The van der Waals surface area contributed by atoms with Crippen LogP contribution in [0.25, 0.3) is 177 Å². The predicted molar refractivity (Wildman–Crippen MR) is 469 cm³/mol. The summed E-state index contributed by atoms with van der Waals surface area (Å²) in [5.74, 6) is 3.54. The molecule has 0 unspecified atom stereocenters. The summed E-state index contributed by atoms with van der Waals surface area (Å²) < 4.78 is 13.8. The molecule has 0 saturated heterocycles. The highest BCUT2D eigenvalue weighted by atomic mass is 16.3. The molecule has 534 valence electrons. The zero-order valence-electron chi connectivity index (χ0n) is 61.5. The van der Waals surface area contributed by atoms with E-state index in [0.717, 1.165) is 133 Å². The quantitative estimate of drug-likeness (QED) is 0.111. The molecule has 0 aliphatic carbocycles. The molecule has 4 heterocycles. The largest absolute Gasteiger partial charge is 0.455 e. The van der Waals surface area contributed by atoms with E-state index in [1.807, 2.05) is 121 Å². The lowest BCUT2D eigenvalue weighted by atomic mass is 9.99. The summed E-state index contributed by atoms with van der Waals surface area (Å²) in [5.41, 5.74) is 17.0. The van der Waals surface area contributed by atoms with Crippen LogP contribution in [0.3, 0.4) is 0 Å². The molecule has 0 aliphatic heterocycles. The number of hydrogen-bond donors (Lipinski definition) is 0. The van der Waals surface area contributed by atoms with Crippen molar-refractivity contribution < 1.29 is 8.83 Å². The van der Waals surface area contributed by atoms with E-state index in [9.17, 15) is 0 Å². The number of nitrogens with zero attached hydrogens (tertiary/aromatic N) is 8. The Kier molecular flexibility index (Phi) is 16.7. The van der Waals surface area contributed by atoms with Gasteiger partial charge in [-0.15, -0.1) is 0 Å². The lowest BCUT2D eigenvalue weighted by molar-refractivity contribution is 0.669. The Balaban J connectivity index is 0.000000143. The van der Waals surface area contributed by atoms with Crippen molar-refractivity contribution >= 4 is 132 Å². The highest BCUT2D eigenvalue weighted by molar-refractivity contribution is 6.24. The van der Waals surface area contributed by atoms with Crippen LogP contribution in [0.2, 0.25) is 0 Å². The van der Waals surface area contributed by atoms with Gasteiger partial charge in [-0.1, -0.05) is 303 Å². The third-order valence-electron chi connectivity index (χ3n) is 21.5. The van der Waals surface area contributed by atoms with Crippen molar-refractivity contribution in [2.75, 3.05) is 9.80 Å². The van der Waals surface area contributed by atoms with E-state index in [1.165, 1.54) is 43.4 Å². The standard InChI is InChI=1S/C53H34N4O.C51H32N4O/c1-4-14-35(15-5-1)37-24-27-42(28-25-37)57(43-29-26-36-16-10-11-21-40(36)32-43)44-30-31-48-46(34-44)49-45-23-13-12-22-41(45)33-47(50(49)58-48)53-55-51(38-17-6-2-7-18-38)54-52(56-53)39-19-8-3-9-20-39;1-3-15-35(16-4-1)49-52-50(36-17-5-2-6-18-36)54-51(53-49)45-31-39-21-11-12-22-43(39)47-44-32-42(27-28-46(44)56-48(45)47)55(40-25-23-33-13-7-9-19-37(33)29-40)41-26-24-34-14-8-10-20-38(34)30-41/h1-34H;1-32H. The van der Waals surface area contributed by atoms with Gasteiger partial charge in [-0.2, -0.15) is 0 Å². The van der Waals surface area contributed by atoms with Gasteiger partial charge in [-0.05, 0) is 162 Å². The molecule has 0 spiro atoms. The lowest BCUT2D eigenvalue weighted by Gasteiger charge is -2.26. The summed E-state index contributed by atoms with van der Waals surface area (Å²) in [4.78, 5) is 35.0. The van der Waals surface area contributed by atoms with Crippen LogP contribution in [-0.2, 0) is 0 Å². The van der Waals surface area contributed by atoms with Crippen molar-refractivity contribution in [1.82, 2.24) is 29.9 Å². The molecule has 0 saturated carbocycles. The fraction of sp³-hybridized carbons (Fsp3) is 0. The van der Waals surface area contributed by atoms with E-state index in [1.54, 1.807) is 0 Å². The maximum absolute atomic E-state index is 6.89. The molecule has 0 fully saturated rings. The fourth-order valence-corrected chi connectivity index (χ4v) is 16.0. The molecule has 0 atom stereocenters. The first-order valence-electron chi connectivity index (χ1n) is 38.2. The molecule has 4 aromatic heterocycles. The second-order valence-corrected chi connectivity index (χ2v) is 28.5. The van der Waals surface area contributed by atoms with E-state index in [0.29, 0.717) is 34.9 Å². The first-order chi connectivity index (χ1) is 56.5. The number of benzene rings is 18. The normalized spacial score (nSPS) is 11.5. The SMILES string of the molecule is c1ccc(-c2ccc(N(c3ccc4ccccc4c3)c3ccc4oc5c(-c6nc(-c7ccccc7)nc(-c7ccccc7)n6)cc6ccccc6c5c4c3)cc2)cc1.c1ccc(-c2nc(-c3ccccc3)nc(-c3cc4ccccc4c4c3oc3ccc(N(c5ccc6ccccc6c5)c5ccc6ccccc6c5)cc34)n2)cc1. The maximum Gasteiger partial charge on any atom is 0.167 e. The van der Waals surface area contributed by atoms with Gasteiger partial charge in [0.15, 0.2) is 34.9 Å². The third kappa shape index (κ3) is 12.4. The van der Waals surface area contributed by atoms with Gasteiger partial charge in [0.2, 0.25) is 0 Å². The Bertz CT molecular complexity index is 7230. The minimum absolute atomic E-state index is 0.555. The molecular weight excluding hydrogens is 1390 g/mol. The number of furan rings is 2. The van der Waals surface area contributed by atoms with Crippen LogP contribution in [0.5, 0.6) is 0 Å². The van der Waals surface area contributed by atoms with Crippen molar-refractivity contribution in [3.05, 3.63) is 400 Å². The van der Waals surface area contributed by atoms with Crippen LogP contribution in [-0.4, -0.2) is 29.9 Å². The molecule has 0 aliphatic rings. The molecule has 22 aromatic rings. The van der Waals surface area contributed by atoms with Gasteiger partial charge in [0.1, 0.15) is 22.3 Å². The van der Waals surface area contributed by atoms with Crippen LogP contribution in [0.15, 0.2) is 409 Å². The molecule has 10 nitrogen and oxygen atoms in total. The van der Waals surface area contributed by atoms with Crippen molar-refractivity contribution in [2.45, 2.75) is 0 Å². The molecule has 0 bridgehead atoms. The van der Waals surface area contributed by atoms with Crippen LogP contribution in [0, 0.1) is 0 Å². The summed E-state index contributed by atoms with van der Waals surface area (Å²) in [5, 5.41) is 15.6. The number of fused-ring (bicyclic) bond motifs is 13. The summed E-state index contributed by atoms with van der Waals surface area (Å²) in [6.07, 6.45) is 0. The Hall–Kier alpha value is -15.5. The average Bonchev–Trinajstić information content (AvgIpc) is 1.50. The summed E-state index contributed by atoms with van der Waals surface area (Å²) in [6, 6.07) is 139. The van der Waals surface area contributed by atoms with Crippen LogP contribution < -0.4 is 9.80 Å². The highest BCUT2D eigenvalue weighted by Gasteiger charge is 2.26. The molecule has 114 heavy (non-hydrogen) atoms. The summed E-state index contributed by atoms with van der Waals surface area (Å²) in [6.45, 7) is 0. The van der Waals surface area contributed by atoms with Gasteiger partial charge in [0, 0.05) is 77.9 Å². The van der Waals surface area contributed by atoms with E-state index >= 15 is 0 Å². The maximum atomic E-state index is 6.89. The Morgan fingerprint density at radius 2 is 0.439 bits per heavy atom. The summed E-state index contributed by atoms with van der Waals surface area (Å²) >= 11 is 0. The van der Waals surface area contributed by atoms with Crippen LogP contribution in [0.1, 0.15) is 0 Å². The average molecular weight is 1460 g/mol. The van der Waals surface area contributed by atoms with E-state index < -0.39 is 0 Å². The topological polar surface area (TPSA) is 110 Å². The Labute approximate surface area is 656 Å². The van der Waals surface area contributed by atoms with E-state index in [2.05, 4.69) is 289 Å². The molecule has 22 rings (SSSR count). The zero-order valence-corrected chi connectivity index (χ0v) is 61.5. The highest BCUT2D eigenvalue weighted by Crippen LogP contribution is 2.48. The number of hydrogen-bond acceptors (Lipinski definition) is 10. The Morgan fingerprint density at radius 3 is 0.798 bits per heavy atom. The van der Waals surface area contributed by atoms with Crippen molar-refractivity contribution in [3.8, 4) is 79.5 Å². The van der Waals surface area contributed by atoms with Crippen LogP contribution >= 0.6 is 0 Å². The smallest absolute Gasteiger partial charge is 0.167 e. The van der Waals surface area contributed by atoms with Crippen molar-refractivity contribution in [1.29, 1.82) is 0 Å². The van der Waals surface area contributed by atoms with Gasteiger partial charge < -0.3 is 18.6 Å². The monoisotopic (exact) mass is 1460 g/mol. The second kappa shape index (κ2) is 28.5. The van der Waals surface area contributed by atoms with Crippen molar-refractivity contribution in [3.63, 3.8) is 0 Å². The fourth-order valence-electron chi connectivity index (χ4n) is 16.0. The first kappa shape index (κ1) is 66.7. The molecule has 0 radical (unpaired) electrons. The zero-order chi connectivity index (χ0) is 75.4. The first-order valence-corrected chi connectivity index (χ1v) is 38.2. The number of rotatable bonds is 13. The molecule has 0 N–H and O–H groups in total. The predicted octanol–water partition coefficient (Wildman–Crippen LogP) is 27.9. The van der Waals surface area contributed by atoms with Gasteiger partial charge in [0.25, 0.3) is 0 Å². The van der Waals surface area contributed by atoms with E-state index in [-0.39, 0.29) is 0 Å². The molecule has 10 heteroatoms. The number of anilines is 6. The minimum atomic E-state index is 0.555. The summed E-state index contributed by atoms with van der Waals surface area (Å²) in [7, 11) is 0. The molecular formula is C104H66N8O2. The third-order valence-corrected chi connectivity index (χ3v) is 21.5. The van der Waals surface area contributed by atoms with Gasteiger partial charge in [0.05, 0.1) is 11.1 Å². The Morgan fingerprint density at radius 1 is 0.175 bits per heavy atom. The second-order valence-electron chi connectivity index (χ2n) is 28.5. The van der Waals surface area contributed by atoms with Crippen LogP contribution in [0.4, 0.5) is 34.1 Å². The van der Waals surface area contributed by atoms with Gasteiger partial charge >= 0.3 is 0 Å². The lowest BCUT2D eigenvalue weighted by Crippen LogP contribution is -2.09. The number of aromatic nitrogens is 6. The van der Waals surface area contributed by atoms with Gasteiger partial charge in [-0.3, -0.25) is 0 Å². The minimum Gasteiger partial charge on any atom is -0.455 e. The van der Waals surface area contributed by atoms with Crippen molar-refractivity contribution in [2.24, 2.45) is 0 Å². The molecule has 0 amide bonds.